The number of rotatable bonds is 3. The molecular weight excluding hydrogens is 410 g/mol. The minimum absolute atomic E-state index is 0.0228. The summed E-state index contributed by atoms with van der Waals surface area (Å²) in [4.78, 5) is 20.1. The first-order valence-corrected chi connectivity index (χ1v) is 11.2. The molecule has 0 saturated carbocycles. The van der Waals surface area contributed by atoms with Crippen LogP contribution in [0.4, 0.5) is 11.4 Å². The minimum atomic E-state index is -0.412. The van der Waals surface area contributed by atoms with E-state index in [1.807, 2.05) is 55.5 Å². The van der Waals surface area contributed by atoms with Gasteiger partial charge in [0.05, 0.1) is 28.5 Å². The monoisotopic (exact) mass is 435 g/mol. The second-order valence-corrected chi connectivity index (χ2v) is 9.21. The maximum Gasteiger partial charge on any atom is 0.201 e. The van der Waals surface area contributed by atoms with Crippen LogP contribution in [0.1, 0.15) is 50.8 Å². The molecule has 0 unspecified atom stereocenters. The molecule has 0 bridgehead atoms. The van der Waals surface area contributed by atoms with E-state index >= 15 is 0 Å². The first kappa shape index (κ1) is 21.0. The van der Waals surface area contributed by atoms with Gasteiger partial charge in [0.2, 0.25) is 5.78 Å². The van der Waals surface area contributed by atoms with Gasteiger partial charge in [-0.1, -0.05) is 39.0 Å². The van der Waals surface area contributed by atoms with Crippen LogP contribution in [0.3, 0.4) is 0 Å². The number of Topliss-reactive ketones (excluding diaryl/α,β-unsaturated/α-hetero) is 1. The fourth-order valence-electron chi connectivity index (χ4n) is 5.12. The Balaban J connectivity index is 1.64. The fraction of sp³-hybridized carbons (Fsp3) is 0.250. The molecule has 2 aromatic carbocycles. The number of benzene rings is 2. The lowest BCUT2D eigenvalue weighted by atomic mass is 9.78. The molecule has 0 fully saturated rings. The highest BCUT2D eigenvalue weighted by Crippen LogP contribution is 2.50. The fourth-order valence-corrected chi connectivity index (χ4v) is 5.12. The zero-order valence-electron chi connectivity index (χ0n) is 19.2. The minimum Gasteiger partial charge on any atom is -0.506 e. The molecule has 0 amide bonds. The summed E-state index contributed by atoms with van der Waals surface area (Å²) in [6, 6.07) is 15.6. The van der Waals surface area contributed by atoms with E-state index in [9.17, 15) is 15.2 Å². The third-order valence-electron chi connectivity index (χ3n) is 6.79. The molecule has 2 heterocycles. The number of hydrogen-bond acceptors (Lipinski definition) is 5. The van der Waals surface area contributed by atoms with E-state index in [1.54, 1.807) is 0 Å². The molecule has 0 radical (unpaired) electrons. The van der Waals surface area contributed by atoms with Crippen molar-refractivity contribution in [3.63, 3.8) is 0 Å². The second-order valence-electron chi connectivity index (χ2n) is 9.21. The standard InChI is InChI=1S/C28H25N3O2/c1-5-12-31-22-11-10-17(15-29)13-20(22)28(3,4)23(31)14-19-26(32)25(27(19)33)24-16(2)30-21-9-7-6-8-18(21)24/h6-11,13-14,32H,5,12H2,1-4H3. The molecule has 3 aliphatic rings. The number of aliphatic hydroxyl groups is 1. The number of anilines is 1. The van der Waals surface area contributed by atoms with Gasteiger partial charge in [-0.2, -0.15) is 5.26 Å². The first-order chi connectivity index (χ1) is 15.8. The molecule has 5 nitrogen and oxygen atoms in total. The van der Waals surface area contributed by atoms with Crippen molar-refractivity contribution < 1.29 is 9.90 Å². The first-order valence-electron chi connectivity index (χ1n) is 11.2. The number of nitrogens with zero attached hydrogens (tertiary/aromatic N) is 3. The van der Waals surface area contributed by atoms with E-state index in [1.165, 1.54) is 0 Å². The van der Waals surface area contributed by atoms with Gasteiger partial charge in [0.1, 0.15) is 5.76 Å². The van der Waals surface area contributed by atoms with Gasteiger partial charge in [-0.25, -0.2) is 0 Å². The van der Waals surface area contributed by atoms with Gasteiger partial charge in [0, 0.05) is 40.2 Å². The van der Waals surface area contributed by atoms with Gasteiger partial charge >= 0.3 is 0 Å². The lowest BCUT2D eigenvalue weighted by Gasteiger charge is -2.29. The van der Waals surface area contributed by atoms with Crippen molar-refractivity contribution in [2.75, 3.05) is 11.4 Å². The van der Waals surface area contributed by atoms with Crippen LogP contribution in [-0.4, -0.2) is 23.1 Å². The molecular formula is C28H25N3O2. The van der Waals surface area contributed by atoms with E-state index in [2.05, 4.69) is 36.7 Å². The van der Waals surface area contributed by atoms with Gasteiger partial charge in [0.25, 0.3) is 0 Å². The van der Waals surface area contributed by atoms with Crippen molar-refractivity contribution in [1.82, 2.24) is 0 Å². The topological polar surface area (TPSA) is 76.7 Å². The van der Waals surface area contributed by atoms with Crippen LogP contribution in [0.25, 0.3) is 5.57 Å². The smallest absolute Gasteiger partial charge is 0.201 e. The largest absolute Gasteiger partial charge is 0.506 e. The summed E-state index contributed by atoms with van der Waals surface area (Å²) in [6.07, 6.45) is 2.75. The molecule has 0 spiro atoms. The Morgan fingerprint density at radius 3 is 2.64 bits per heavy atom. The summed E-state index contributed by atoms with van der Waals surface area (Å²) < 4.78 is 0. The normalized spacial score (nSPS) is 21.7. The van der Waals surface area contributed by atoms with Gasteiger partial charge in [0.15, 0.2) is 0 Å². The molecule has 0 aromatic heterocycles. The van der Waals surface area contributed by atoms with Crippen LogP contribution in [0.2, 0.25) is 0 Å². The maximum absolute atomic E-state index is 13.3. The highest BCUT2D eigenvalue weighted by Gasteiger charge is 2.43. The number of ketones is 1. The molecule has 1 aliphatic carbocycles. The number of aliphatic hydroxyl groups excluding tert-OH is 1. The number of para-hydroxylation sites is 1. The molecule has 5 heteroatoms. The Morgan fingerprint density at radius 1 is 1.18 bits per heavy atom. The van der Waals surface area contributed by atoms with Crippen LogP contribution in [-0.2, 0) is 10.2 Å². The van der Waals surface area contributed by atoms with Gasteiger partial charge in [-0.3, -0.25) is 9.79 Å². The number of aliphatic imine (C=N–C) groups is 1. The Morgan fingerprint density at radius 2 is 1.94 bits per heavy atom. The highest BCUT2D eigenvalue weighted by molar-refractivity contribution is 6.38. The van der Waals surface area contributed by atoms with Gasteiger partial charge in [-0.05, 0) is 49.2 Å². The van der Waals surface area contributed by atoms with Crippen molar-refractivity contribution in [1.29, 1.82) is 5.26 Å². The zero-order chi connectivity index (χ0) is 23.5. The average molecular weight is 436 g/mol. The quantitative estimate of drug-likeness (QED) is 0.609. The van der Waals surface area contributed by atoms with Crippen molar-refractivity contribution >= 4 is 28.4 Å². The molecule has 2 aliphatic heterocycles. The lowest BCUT2D eigenvalue weighted by molar-refractivity contribution is -0.113. The molecule has 164 valence electrons. The summed E-state index contributed by atoms with van der Waals surface area (Å²) >= 11 is 0. The van der Waals surface area contributed by atoms with E-state index in [-0.39, 0.29) is 11.5 Å². The predicted molar refractivity (Wildman–Crippen MR) is 131 cm³/mol. The highest BCUT2D eigenvalue weighted by atomic mass is 16.3. The molecule has 0 atom stereocenters. The molecule has 0 saturated heterocycles. The third kappa shape index (κ3) is 2.91. The number of fused-ring (bicyclic) bond motifs is 2. The summed E-state index contributed by atoms with van der Waals surface area (Å²) in [7, 11) is 0. The van der Waals surface area contributed by atoms with E-state index in [4.69, 9.17) is 0 Å². The van der Waals surface area contributed by atoms with Crippen LogP contribution < -0.4 is 4.90 Å². The third-order valence-corrected chi connectivity index (χ3v) is 6.79. The van der Waals surface area contributed by atoms with Crippen molar-refractivity contribution in [2.45, 2.75) is 39.5 Å². The number of carbonyl (C=O) groups excluding carboxylic acids is 1. The zero-order valence-corrected chi connectivity index (χ0v) is 19.2. The summed E-state index contributed by atoms with van der Waals surface area (Å²) in [5.41, 5.74) is 7.07. The SMILES string of the molecule is CCCN1C(=CC2=C(O)C(=C3C(C)=Nc4ccccc43)C2=O)C(C)(C)c2cc(C#N)ccc21. The Labute approximate surface area is 193 Å². The van der Waals surface area contributed by atoms with Crippen molar-refractivity contribution in [3.8, 4) is 6.07 Å². The predicted octanol–water partition coefficient (Wildman–Crippen LogP) is 5.90. The summed E-state index contributed by atoms with van der Waals surface area (Å²) in [5, 5.41) is 20.4. The van der Waals surface area contributed by atoms with Crippen LogP contribution in [0.5, 0.6) is 0 Å². The average Bonchev–Trinajstić information content (AvgIpc) is 3.23. The number of hydrogen-bond donors (Lipinski definition) is 1. The van der Waals surface area contributed by atoms with E-state index in [0.29, 0.717) is 22.3 Å². The molecule has 1 N–H and O–H groups in total. The van der Waals surface area contributed by atoms with Crippen LogP contribution in [0, 0.1) is 11.3 Å². The summed E-state index contributed by atoms with van der Waals surface area (Å²) in [6.45, 7) is 8.95. The van der Waals surface area contributed by atoms with Crippen molar-refractivity contribution in [2.24, 2.45) is 4.99 Å². The number of nitriles is 1. The molecule has 2 aromatic rings. The molecule has 5 rings (SSSR count). The van der Waals surface area contributed by atoms with Crippen LogP contribution in [0.15, 0.2) is 76.1 Å². The second kappa shape index (κ2) is 7.31. The van der Waals surface area contributed by atoms with E-state index < -0.39 is 5.41 Å². The van der Waals surface area contributed by atoms with Gasteiger partial charge in [-0.15, -0.1) is 0 Å². The maximum atomic E-state index is 13.3. The number of allylic oxidation sites excluding steroid dienone is 5. The Hall–Kier alpha value is -3.91. The lowest BCUT2D eigenvalue weighted by Crippen LogP contribution is -2.30. The Bertz CT molecular complexity index is 1400. The number of carbonyl (C=O) groups is 1. The van der Waals surface area contributed by atoms with Gasteiger partial charge < -0.3 is 10.0 Å². The van der Waals surface area contributed by atoms with E-state index in [0.717, 1.165) is 46.9 Å². The van der Waals surface area contributed by atoms with Crippen LogP contribution >= 0.6 is 0 Å². The molecule has 33 heavy (non-hydrogen) atoms. The Kier molecular flexibility index (Phi) is 4.65. The van der Waals surface area contributed by atoms with Crippen molar-refractivity contribution in [3.05, 3.63) is 87.8 Å². The summed E-state index contributed by atoms with van der Waals surface area (Å²) in [5.74, 6) is -0.142.